The third-order valence-corrected chi connectivity index (χ3v) is 2.55. The van der Waals surface area contributed by atoms with Gasteiger partial charge in [0.05, 0.1) is 0 Å². The second-order valence-electron chi connectivity index (χ2n) is 3.47. The van der Waals surface area contributed by atoms with Gasteiger partial charge >= 0.3 is 0 Å². The van der Waals surface area contributed by atoms with Crippen LogP contribution >= 0.6 is 0 Å². The van der Waals surface area contributed by atoms with Gasteiger partial charge in [0.2, 0.25) is 0 Å². The van der Waals surface area contributed by atoms with Gasteiger partial charge in [-0.05, 0) is 18.8 Å². The van der Waals surface area contributed by atoms with Gasteiger partial charge in [-0.2, -0.15) is 0 Å². The van der Waals surface area contributed by atoms with E-state index in [0.29, 0.717) is 0 Å². The predicted molar refractivity (Wildman–Crippen MR) is 52.4 cm³/mol. The van der Waals surface area contributed by atoms with E-state index < -0.39 is 0 Å². The van der Waals surface area contributed by atoms with Crippen LogP contribution in [0.4, 0.5) is 0 Å². The summed E-state index contributed by atoms with van der Waals surface area (Å²) in [5, 5.41) is 3.08. The molecule has 1 saturated carbocycles. The summed E-state index contributed by atoms with van der Waals surface area (Å²) in [5.41, 5.74) is 0. The first-order valence-electron chi connectivity index (χ1n) is 4.63. The van der Waals surface area contributed by atoms with Crippen LogP contribution < -0.4 is 5.32 Å². The maximum absolute atomic E-state index is 4.15. The topological polar surface area (TPSA) is 27.6 Å². The average molecular weight is 169 g/mol. The minimum Gasteiger partial charge on any atom is -0.359 e. The molecule has 0 unspecified atom stereocenters. The van der Waals surface area contributed by atoms with Crippen LogP contribution in [0.15, 0.2) is 4.99 Å². The molecule has 0 aromatic heterocycles. The highest BCUT2D eigenvalue weighted by molar-refractivity contribution is 5.79. The Hall–Kier alpha value is -0.730. The third kappa shape index (κ3) is 2.13. The van der Waals surface area contributed by atoms with Crippen molar-refractivity contribution >= 4 is 5.96 Å². The third-order valence-electron chi connectivity index (χ3n) is 2.55. The average Bonchev–Trinajstić information content (AvgIpc) is 1.99. The van der Waals surface area contributed by atoms with Gasteiger partial charge in [0.15, 0.2) is 5.96 Å². The first-order chi connectivity index (χ1) is 5.77. The number of rotatable bonds is 2. The summed E-state index contributed by atoms with van der Waals surface area (Å²) in [5.74, 6) is 1.89. The summed E-state index contributed by atoms with van der Waals surface area (Å²) in [6.45, 7) is 1.15. The van der Waals surface area contributed by atoms with Crippen LogP contribution in [0.5, 0.6) is 0 Å². The maximum Gasteiger partial charge on any atom is 0.193 e. The molecule has 0 atom stereocenters. The summed E-state index contributed by atoms with van der Waals surface area (Å²) in [6.07, 6.45) is 4.20. The van der Waals surface area contributed by atoms with Crippen LogP contribution in [0.1, 0.15) is 19.3 Å². The lowest BCUT2D eigenvalue weighted by Crippen LogP contribution is -2.40. The molecular formula is C9H19N3. The Balaban J connectivity index is 2.29. The maximum atomic E-state index is 4.15. The Morgan fingerprint density at radius 3 is 2.58 bits per heavy atom. The highest BCUT2D eigenvalue weighted by Crippen LogP contribution is 2.26. The molecule has 3 nitrogen and oxygen atoms in total. The lowest BCUT2D eigenvalue weighted by molar-refractivity contribution is 0.256. The number of nitrogens with one attached hydrogen (secondary N) is 1. The van der Waals surface area contributed by atoms with E-state index in [0.717, 1.165) is 18.4 Å². The highest BCUT2D eigenvalue weighted by atomic mass is 15.3. The molecule has 3 heteroatoms. The second kappa shape index (κ2) is 4.33. The van der Waals surface area contributed by atoms with Gasteiger partial charge in [-0.25, -0.2) is 0 Å². The molecule has 1 N–H and O–H groups in total. The smallest absolute Gasteiger partial charge is 0.193 e. The fourth-order valence-electron chi connectivity index (χ4n) is 1.62. The molecule has 0 aromatic rings. The molecular weight excluding hydrogens is 150 g/mol. The largest absolute Gasteiger partial charge is 0.359 e. The lowest BCUT2D eigenvalue weighted by atomic mass is 9.85. The first kappa shape index (κ1) is 9.36. The van der Waals surface area contributed by atoms with Crippen LogP contribution in [0.2, 0.25) is 0 Å². The lowest BCUT2D eigenvalue weighted by Gasteiger charge is -2.31. The molecule has 1 aliphatic carbocycles. The van der Waals surface area contributed by atoms with Crippen molar-refractivity contribution in [1.82, 2.24) is 10.2 Å². The van der Waals surface area contributed by atoms with E-state index >= 15 is 0 Å². The van der Waals surface area contributed by atoms with E-state index in [1.54, 1.807) is 0 Å². The van der Waals surface area contributed by atoms with Crippen LogP contribution in [-0.2, 0) is 0 Å². The summed E-state index contributed by atoms with van der Waals surface area (Å²) in [7, 11) is 5.83. The number of guanidine groups is 1. The van der Waals surface area contributed by atoms with Crippen molar-refractivity contribution in [3.8, 4) is 0 Å². The standard InChI is InChI=1S/C9H19N3/c1-10-9(11-2)12(3)7-8-5-4-6-8/h8H,4-7H2,1-3H3,(H,10,11). The Kier molecular flexibility index (Phi) is 3.38. The molecule has 0 aliphatic heterocycles. The van der Waals surface area contributed by atoms with Crippen molar-refractivity contribution in [3.05, 3.63) is 0 Å². The molecule has 0 spiro atoms. The molecule has 1 rings (SSSR count). The monoisotopic (exact) mass is 169 g/mol. The number of aliphatic imine (C=N–C) groups is 1. The second-order valence-corrected chi connectivity index (χ2v) is 3.47. The van der Waals surface area contributed by atoms with Crippen LogP contribution in [0.25, 0.3) is 0 Å². The van der Waals surface area contributed by atoms with Gasteiger partial charge in [-0.15, -0.1) is 0 Å². The van der Waals surface area contributed by atoms with Crippen LogP contribution in [0, 0.1) is 5.92 Å². The van der Waals surface area contributed by atoms with Gasteiger partial charge in [0.1, 0.15) is 0 Å². The van der Waals surface area contributed by atoms with E-state index in [2.05, 4.69) is 22.3 Å². The van der Waals surface area contributed by atoms with Crippen LogP contribution in [-0.4, -0.2) is 38.5 Å². The van der Waals surface area contributed by atoms with Crippen molar-refractivity contribution in [3.63, 3.8) is 0 Å². The highest BCUT2D eigenvalue weighted by Gasteiger charge is 2.19. The van der Waals surface area contributed by atoms with Gasteiger partial charge in [-0.1, -0.05) is 6.42 Å². The first-order valence-corrected chi connectivity index (χ1v) is 4.63. The Bertz CT molecular complexity index is 161. The molecule has 0 saturated heterocycles. The van der Waals surface area contributed by atoms with Crippen molar-refractivity contribution < 1.29 is 0 Å². The van der Waals surface area contributed by atoms with E-state index in [1.807, 2.05) is 14.1 Å². The summed E-state index contributed by atoms with van der Waals surface area (Å²) >= 11 is 0. The molecule has 1 fully saturated rings. The molecule has 70 valence electrons. The Labute approximate surface area is 74.9 Å². The van der Waals surface area contributed by atoms with Gasteiger partial charge < -0.3 is 10.2 Å². The minimum atomic E-state index is 0.903. The fraction of sp³-hybridized carbons (Fsp3) is 0.889. The molecule has 0 amide bonds. The summed E-state index contributed by atoms with van der Waals surface area (Å²) in [4.78, 5) is 6.35. The molecule has 1 aliphatic rings. The Morgan fingerprint density at radius 2 is 2.25 bits per heavy atom. The normalized spacial score (nSPS) is 18.8. The number of nitrogens with zero attached hydrogens (tertiary/aromatic N) is 2. The molecule has 0 radical (unpaired) electrons. The van der Waals surface area contributed by atoms with E-state index in [9.17, 15) is 0 Å². The van der Waals surface area contributed by atoms with Crippen LogP contribution in [0.3, 0.4) is 0 Å². The number of hydrogen-bond acceptors (Lipinski definition) is 1. The summed E-state index contributed by atoms with van der Waals surface area (Å²) < 4.78 is 0. The van der Waals surface area contributed by atoms with Crippen molar-refractivity contribution in [2.75, 3.05) is 27.7 Å². The minimum absolute atomic E-state index is 0.903. The quantitative estimate of drug-likeness (QED) is 0.492. The van der Waals surface area contributed by atoms with Crippen molar-refractivity contribution in [1.29, 1.82) is 0 Å². The predicted octanol–water partition coefficient (Wildman–Crippen LogP) is 0.923. The van der Waals surface area contributed by atoms with Crippen molar-refractivity contribution in [2.45, 2.75) is 19.3 Å². The van der Waals surface area contributed by atoms with E-state index in [4.69, 9.17) is 0 Å². The Morgan fingerprint density at radius 1 is 1.58 bits per heavy atom. The zero-order valence-electron chi connectivity index (χ0n) is 8.30. The summed E-state index contributed by atoms with van der Waals surface area (Å²) in [6, 6.07) is 0. The van der Waals surface area contributed by atoms with Gasteiger partial charge in [0, 0.05) is 27.7 Å². The molecule has 0 aromatic carbocycles. The zero-order valence-corrected chi connectivity index (χ0v) is 8.30. The molecule has 0 heterocycles. The van der Waals surface area contributed by atoms with Crippen molar-refractivity contribution in [2.24, 2.45) is 10.9 Å². The van der Waals surface area contributed by atoms with Gasteiger partial charge in [-0.3, -0.25) is 4.99 Å². The molecule has 0 bridgehead atoms. The SMILES string of the molecule is CN=C(NC)N(C)CC1CCC1. The fourth-order valence-corrected chi connectivity index (χ4v) is 1.62. The zero-order chi connectivity index (χ0) is 8.97. The van der Waals surface area contributed by atoms with E-state index in [-0.39, 0.29) is 0 Å². The molecule has 12 heavy (non-hydrogen) atoms. The number of hydrogen-bond donors (Lipinski definition) is 1. The van der Waals surface area contributed by atoms with Gasteiger partial charge in [0.25, 0.3) is 0 Å². The van der Waals surface area contributed by atoms with E-state index in [1.165, 1.54) is 19.3 Å².